The highest BCUT2D eigenvalue weighted by atomic mass is 32.2. The first kappa shape index (κ1) is 19.7. The Labute approximate surface area is 156 Å². The van der Waals surface area contributed by atoms with Gasteiger partial charge in [0.15, 0.2) is 0 Å². The molecule has 1 N–H and O–H groups in total. The van der Waals surface area contributed by atoms with Crippen LogP contribution in [0.15, 0.2) is 60.7 Å². The minimum atomic E-state index is -0.574. The minimum absolute atomic E-state index is 0.303. The molecule has 2 rings (SSSR count). The van der Waals surface area contributed by atoms with E-state index in [4.69, 9.17) is 0 Å². The van der Waals surface area contributed by atoms with Crippen LogP contribution in [0.1, 0.15) is 30.9 Å². The fourth-order valence-electron chi connectivity index (χ4n) is 3.59. The van der Waals surface area contributed by atoms with Gasteiger partial charge in [0, 0.05) is 18.6 Å². The molecule has 0 radical (unpaired) electrons. The van der Waals surface area contributed by atoms with Crippen LogP contribution >= 0.6 is 11.8 Å². The number of carbonyl (C=O) groups is 1. The van der Waals surface area contributed by atoms with E-state index in [1.165, 1.54) is 4.90 Å². The number of hydrogen-bond donors (Lipinski definition) is 1. The number of benzene rings is 2. The first-order valence-electron chi connectivity index (χ1n) is 8.99. The molecule has 0 spiro atoms. The largest absolute Gasteiger partial charge is 0.337 e. The van der Waals surface area contributed by atoms with Crippen molar-refractivity contribution in [2.24, 2.45) is 0 Å². The summed E-state index contributed by atoms with van der Waals surface area (Å²) in [7, 11) is 4.39. The highest BCUT2D eigenvalue weighted by Crippen LogP contribution is 2.38. The van der Waals surface area contributed by atoms with Crippen molar-refractivity contribution in [1.82, 2.24) is 0 Å². The number of Topliss-reactive ketones (excluding diaryl/α,β-unsaturated/α-hetero) is 1. The van der Waals surface area contributed by atoms with E-state index >= 15 is 0 Å². The van der Waals surface area contributed by atoms with Gasteiger partial charge < -0.3 is 4.90 Å². The molecule has 0 aliphatic carbocycles. The predicted molar refractivity (Wildman–Crippen MR) is 109 cm³/mol. The molecule has 0 saturated heterocycles. The number of hydrogen-bond acceptors (Lipinski definition) is 2. The highest BCUT2D eigenvalue weighted by molar-refractivity contribution is 7.98. The maximum absolute atomic E-state index is 13.4. The number of nitrogens with one attached hydrogen (secondary N) is 1. The molecule has 0 unspecified atom stereocenters. The number of quaternary nitrogens is 1. The maximum atomic E-state index is 13.4. The van der Waals surface area contributed by atoms with Crippen molar-refractivity contribution in [2.75, 3.05) is 26.1 Å². The number of carbonyl (C=O) groups excluding carboxylic acids is 1. The van der Waals surface area contributed by atoms with E-state index in [-0.39, 0.29) is 0 Å². The van der Waals surface area contributed by atoms with Crippen LogP contribution in [-0.4, -0.2) is 37.9 Å². The molecule has 2 nitrogen and oxygen atoms in total. The fraction of sp³-hybridized carbons (Fsp3) is 0.409. The Morgan fingerprint density at radius 3 is 1.84 bits per heavy atom. The van der Waals surface area contributed by atoms with E-state index in [9.17, 15) is 4.79 Å². The molecule has 25 heavy (non-hydrogen) atoms. The van der Waals surface area contributed by atoms with Crippen LogP contribution in [0.3, 0.4) is 0 Å². The van der Waals surface area contributed by atoms with E-state index in [0.29, 0.717) is 18.2 Å². The summed E-state index contributed by atoms with van der Waals surface area (Å²) in [6.07, 6.45) is 3.51. The van der Waals surface area contributed by atoms with Crippen molar-refractivity contribution in [3.05, 3.63) is 71.8 Å². The van der Waals surface area contributed by atoms with E-state index in [0.717, 1.165) is 23.3 Å². The summed E-state index contributed by atoms with van der Waals surface area (Å²) in [5.74, 6) is 1.35. The third-order valence-corrected chi connectivity index (χ3v) is 5.80. The average Bonchev–Trinajstić information content (AvgIpc) is 2.66. The summed E-state index contributed by atoms with van der Waals surface area (Å²) >= 11 is 1.86. The van der Waals surface area contributed by atoms with Crippen LogP contribution in [0, 0.1) is 0 Å². The molecule has 0 aliphatic heterocycles. The lowest BCUT2D eigenvalue weighted by Gasteiger charge is -2.37. The predicted octanol–water partition coefficient (Wildman–Crippen LogP) is 3.22. The van der Waals surface area contributed by atoms with Gasteiger partial charge in [-0.15, -0.1) is 0 Å². The Morgan fingerprint density at radius 1 is 1.00 bits per heavy atom. The molecule has 2 aromatic carbocycles. The van der Waals surface area contributed by atoms with Gasteiger partial charge in [0.05, 0.1) is 25.6 Å². The van der Waals surface area contributed by atoms with E-state index in [2.05, 4.69) is 44.6 Å². The van der Waals surface area contributed by atoms with Crippen molar-refractivity contribution in [3.63, 3.8) is 0 Å². The van der Waals surface area contributed by atoms with Gasteiger partial charge in [0.25, 0.3) is 0 Å². The highest BCUT2D eigenvalue weighted by Gasteiger charge is 2.43. The molecule has 0 aromatic heterocycles. The summed E-state index contributed by atoms with van der Waals surface area (Å²) in [4.78, 5) is 14.8. The molecule has 0 fully saturated rings. The van der Waals surface area contributed by atoms with Crippen molar-refractivity contribution < 1.29 is 9.69 Å². The minimum Gasteiger partial charge on any atom is -0.337 e. The topological polar surface area (TPSA) is 21.5 Å². The van der Waals surface area contributed by atoms with E-state index in [1.807, 2.05) is 55.1 Å². The first-order valence-corrected chi connectivity index (χ1v) is 10.4. The van der Waals surface area contributed by atoms with Gasteiger partial charge in [-0.25, -0.2) is 0 Å². The quantitative estimate of drug-likeness (QED) is 0.745. The first-order chi connectivity index (χ1) is 12.1. The average molecular weight is 357 g/mol. The third kappa shape index (κ3) is 4.34. The van der Waals surface area contributed by atoms with Crippen LogP contribution in [-0.2, 0) is 10.2 Å². The summed E-state index contributed by atoms with van der Waals surface area (Å²) in [5, 5.41) is 0. The summed E-state index contributed by atoms with van der Waals surface area (Å²) in [5.41, 5.74) is 1.65. The Bertz CT molecular complexity index is 615. The van der Waals surface area contributed by atoms with Gasteiger partial charge in [0.1, 0.15) is 5.78 Å². The molecule has 0 amide bonds. The molecule has 0 heterocycles. The van der Waals surface area contributed by atoms with Gasteiger partial charge in [-0.05, 0) is 17.4 Å². The van der Waals surface area contributed by atoms with E-state index in [1.54, 1.807) is 0 Å². The lowest BCUT2D eigenvalue weighted by Crippen LogP contribution is -3.10. The van der Waals surface area contributed by atoms with Gasteiger partial charge in [-0.2, -0.15) is 11.8 Å². The SMILES string of the molecule is CCC(=O)C(C[C@H](CSC)[NH+](C)C)(c1ccccc1)c1ccccc1. The van der Waals surface area contributed by atoms with Crippen LogP contribution in [0.5, 0.6) is 0 Å². The maximum Gasteiger partial charge on any atom is 0.147 e. The number of rotatable bonds is 9. The number of thioether (sulfide) groups is 1. The second kappa shape index (κ2) is 9.21. The van der Waals surface area contributed by atoms with Crippen LogP contribution in [0.4, 0.5) is 0 Å². The van der Waals surface area contributed by atoms with Gasteiger partial charge >= 0.3 is 0 Å². The van der Waals surface area contributed by atoms with Crippen LogP contribution < -0.4 is 4.90 Å². The Morgan fingerprint density at radius 2 is 1.48 bits per heavy atom. The molecule has 1 atom stereocenters. The normalized spacial score (nSPS) is 13.0. The lowest BCUT2D eigenvalue weighted by molar-refractivity contribution is -0.883. The number of ketones is 1. The van der Waals surface area contributed by atoms with E-state index < -0.39 is 5.41 Å². The zero-order valence-corrected chi connectivity index (χ0v) is 16.6. The molecular formula is C22H30NOS+. The van der Waals surface area contributed by atoms with Crippen molar-refractivity contribution in [1.29, 1.82) is 0 Å². The Hall–Kier alpha value is -1.58. The molecule has 3 heteroatoms. The van der Waals surface area contributed by atoms with Gasteiger partial charge in [-0.3, -0.25) is 4.79 Å². The Balaban J connectivity index is 2.65. The third-order valence-electron chi connectivity index (χ3n) is 5.07. The monoisotopic (exact) mass is 356 g/mol. The zero-order valence-electron chi connectivity index (χ0n) is 15.8. The van der Waals surface area contributed by atoms with Crippen LogP contribution in [0.2, 0.25) is 0 Å². The summed E-state index contributed by atoms with van der Waals surface area (Å²) in [6, 6.07) is 21.1. The van der Waals surface area contributed by atoms with Crippen molar-refractivity contribution in [2.45, 2.75) is 31.2 Å². The Kier molecular flexibility index (Phi) is 7.27. The van der Waals surface area contributed by atoms with Crippen LogP contribution in [0.25, 0.3) is 0 Å². The van der Waals surface area contributed by atoms with Gasteiger partial charge in [-0.1, -0.05) is 67.6 Å². The van der Waals surface area contributed by atoms with Gasteiger partial charge in [0.2, 0.25) is 0 Å². The zero-order chi connectivity index (χ0) is 18.3. The fourth-order valence-corrected chi connectivity index (χ4v) is 4.44. The second-order valence-electron chi connectivity index (χ2n) is 6.85. The molecular weight excluding hydrogens is 326 g/mol. The molecule has 2 aromatic rings. The second-order valence-corrected chi connectivity index (χ2v) is 7.76. The smallest absolute Gasteiger partial charge is 0.147 e. The van der Waals surface area contributed by atoms with Crippen molar-refractivity contribution >= 4 is 17.5 Å². The molecule has 0 saturated carbocycles. The summed E-state index contributed by atoms with van der Waals surface area (Å²) in [6.45, 7) is 1.98. The lowest BCUT2D eigenvalue weighted by atomic mass is 9.67. The molecule has 134 valence electrons. The van der Waals surface area contributed by atoms with Crippen molar-refractivity contribution in [3.8, 4) is 0 Å². The standard InChI is InChI=1S/C22H29NOS/c1-5-21(24)22(18-12-8-6-9-13-18,19-14-10-7-11-15-19)16-20(17-25-4)23(2)3/h6-15,20H,5,16-17H2,1-4H3/p+1/t20-/m1/s1. The molecule has 0 bridgehead atoms. The summed E-state index contributed by atoms with van der Waals surface area (Å²) < 4.78 is 0. The molecule has 0 aliphatic rings.